The van der Waals surface area contributed by atoms with Gasteiger partial charge in [-0.3, -0.25) is 29.0 Å². The van der Waals surface area contributed by atoms with Crippen LogP contribution in [-0.2, 0) is 24.7 Å². The molecule has 6 amide bonds. The van der Waals surface area contributed by atoms with Crippen molar-refractivity contribution in [2.24, 2.45) is 0 Å². The highest BCUT2D eigenvalue weighted by atomic mass is 19.1. The highest BCUT2D eigenvalue weighted by Gasteiger charge is 2.49. The van der Waals surface area contributed by atoms with E-state index in [1.165, 1.54) is 31.2 Å². The number of nitrogens with one attached hydrogen (secondary N) is 2. The Balaban J connectivity index is 1.52. The van der Waals surface area contributed by atoms with Gasteiger partial charge in [0.25, 0.3) is 5.91 Å². The molecule has 0 aliphatic carbocycles. The zero-order valence-corrected chi connectivity index (χ0v) is 15.9. The number of rotatable bonds is 7. The molecule has 3 rings (SSSR count). The van der Waals surface area contributed by atoms with Crippen molar-refractivity contribution >= 4 is 29.7 Å². The van der Waals surface area contributed by atoms with Gasteiger partial charge in [-0.05, 0) is 31.0 Å². The van der Waals surface area contributed by atoms with Gasteiger partial charge in [0.1, 0.15) is 17.9 Å². The lowest BCUT2D eigenvalue weighted by Gasteiger charge is -2.22. The molecule has 0 spiro atoms. The van der Waals surface area contributed by atoms with Crippen LogP contribution in [0.4, 0.5) is 9.18 Å². The van der Waals surface area contributed by atoms with Crippen LogP contribution in [0.15, 0.2) is 24.3 Å². The van der Waals surface area contributed by atoms with Gasteiger partial charge < -0.3 is 10.6 Å². The lowest BCUT2D eigenvalue weighted by atomic mass is 9.92. The molecular weight excluding hydrogens is 383 g/mol. The zero-order valence-electron chi connectivity index (χ0n) is 15.9. The predicted octanol–water partition coefficient (Wildman–Crippen LogP) is 0.248. The minimum atomic E-state index is -1.39. The number of imide groups is 2. The predicted molar refractivity (Wildman–Crippen MR) is 97.6 cm³/mol. The average molecular weight is 404 g/mol. The largest absolute Gasteiger partial charge is 0.354 e. The molecule has 1 aromatic carbocycles. The number of benzene rings is 1. The van der Waals surface area contributed by atoms with E-state index in [1.54, 1.807) is 0 Å². The maximum absolute atomic E-state index is 13.1. The summed E-state index contributed by atoms with van der Waals surface area (Å²) in [6.07, 6.45) is 0.797. The molecule has 2 fully saturated rings. The Labute approximate surface area is 166 Å². The molecule has 1 unspecified atom stereocenters. The fourth-order valence-electron chi connectivity index (χ4n) is 3.36. The molecule has 1 aromatic rings. The summed E-state index contributed by atoms with van der Waals surface area (Å²) in [7, 11) is 0. The van der Waals surface area contributed by atoms with Gasteiger partial charge in [-0.15, -0.1) is 0 Å². The molecular formula is C19H21FN4O5. The second kappa shape index (κ2) is 7.98. The van der Waals surface area contributed by atoms with Crippen LogP contribution < -0.4 is 10.6 Å². The molecule has 154 valence electrons. The molecule has 0 aromatic heterocycles. The van der Waals surface area contributed by atoms with Gasteiger partial charge in [0.2, 0.25) is 17.7 Å². The van der Waals surface area contributed by atoms with E-state index in [-0.39, 0.29) is 37.7 Å². The topological polar surface area (TPSA) is 116 Å². The maximum Gasteiger partial charge on any atom is 0.325 e. The van der Waals surface area contributed by atoms with E-state index in [4.69, 9.17) is 0 Å². The second-order valence-corrected chi connectivity index (χ2v) is 7.10. The Hall–Kier alpha value is -3.30. The minimum Gasteiger partial charge on any atom is -0.354 e. The number of carbonyl (C=O) groups is 5. The monoisotopic (exact) mass is 404 g/mol. The van der Waals surface area contributed by atoms with Crippen LogP contribution in [0.2, 0.25) is 0 Å². The smallest absolute Gasteiger partial charge is 0.325 e. The summed E-state index contributed by atoms with van der Waals surface area (Å²) in [5.74, 6) is -2.07. The Morgan fingerprint density at radius 2 is 1.72 bits per heavy atom. The number of carbonyl (C=O) groups excluding carboxylic acids is 5. The van der Waals surface area contributed by atoms with Crippen LogP contribution in [0.3, 0.4) is 0 Å². The van der Waals surface area contributed by atoms with E-state index in [2.05, 4.69) is 10.6 Å². The van der Waals surface area contributed by atoms with Crippen molar-refractivity contribution in [1.82, 2.24) is 20.4 Å². The first-order valence-corrected chi connectivity index (χ1v) is 9.22. The van der Waals surface area contributed by atoms with Crippen molar-refractivity contribution in [1.29, 1.82) is 0 Å². The molecule has 2 heterocycles. The Morgan fingerprint density at radius 1 is 1.10 bits per heavy atom. The fraction of sp³-hybridized carbons (Fsp3) is 0.421. The van der Waals surface area contributed by atoms with E-state index in [0.717, 1.165) is 9.80 Å². The van der Waals surface area contributed by atoms with Gasteiger partial charge in [0.15, 0.2) is 0 Å². The summed E-state index contributed by atoms with van der Waals surface area (Å²) >= 11 is 0. The molecule has 2 aliphatic heterocycles. The molecule has 2 aliphatic rings. The second-order valence-electron chi connectivity index (χ2n) is 7.10. The summed E-state index contributed by atoms with van der Waals surface area (Å²) in [6.45, 7) is 1.42. The maximum atomic E-state index is 13.1. The first-order valence-electron chi connectivity index (χ1n) is 9.22. The number of urea groups is 1. The van der Waals surface area contributed by atoms with Gasteiger partial charge in [-0.2, -0.15) is 0 Å². The van der Waals surface area contributed by atoms with Gasteiger partial charge in [-0.25, -0.2) is 9.18 Å². The quantitative estimate of drug-likeness (QED) is 0.384. The van der Waals surface area contributed by atoms with Crippen LogP contribution in [0.1, 0.15) is 31.7 Å². The van der Waals surface area contributed by atoms with Crippen LogP contribution in [0.5, 0.6) is 0 Å². The van der Waals surface area contributed by atoms with Crippen molar-refractivity contribution in [2.75, 3.05) is 19.6 Å². The summed E-state index contributed by atoms with van der Waals surface area (Å²) in [4.78, 5) is 62.1. The molecule has 2 saturated heterocycles. The third kappa shape index (κ3) is 4.10. The van der Waals surface area contributed by atoms with Crippen LogP contribution in [0.25, 0.3) is 0 Å². The number of hydrogen-bond donors (Lipinski definition) is 2. The molecule has 1 atom stereocenters. The van der Waals surface area contributed by atoms with Crippen molar-refractivity contribution in [2.45, 2.75) is 31.7 Å². The van der Waals surface area contributed by atoms with Crippen molar-refractivity contribution < 1.29 is 28.4 Å². The summed E-state index contributed by atoms with van der Waals surface area (Å²) in [5, 5.41) is 5.11. The van der Waals surface area contributed by atoms with Crippen LogP contribution in [-0.4, -0.2) is 59.1 Å². The Kier molecular flexibility index (Phi) is 5.62. The van der Waals surface area contributed by atoms with Crippen molar-refractivity contribution in [3.8, 4) is 0 Å². The Bertz CT molecular complexity index is 856. The number of halogens is 1. The van der Waals surface area contributed by atoms with E-state index in [0.29, 0.717) is 12.0 Å². The van der Waals surface area contributed by atoms with Crippen molar-refractivity contribution in [3.63, 3.8) is 0 Å². The van der Waals surface area contributed by atoms with Gasteiger partial charge in [0.05, 0.1) is 0 Å². The standard InChI is InChI=1S/C19H21FN4O5/c1-19(12-3-5-13(20)6-4-12)17(28)24(18(29)22-19)11-14(25)21-9-2-10-23-15(26)7-8-16(23)27/h3-6H,2,7-11H2,1H3,(H,21,25)(H,22,29). The summed E-state index contributed by atoms with van der Waals surface area (Å²) in [5.41, 5.74) is -0.984. The molecule has 0 radical (unpaired) electrons. The number of likely N-dealkylation sites (tertiary alicyclic amines) is 1. The van der Waals surface area contributed by atoms with E-state index in [9.17, 15) is 28.4 Å². The van der Waals surface area contributed by atoms with Gasteiger partial charge in [0, 0.05) is 25.9 Å². The van der Waals surface area contributed by atoms with Crippen LogP contribution >= 0.6 is 0 Å². The highest BCUT2D eigenvalue weighted by Crippen LogP contribution is 2.28. The van der Waals surface area contributed by atoms with Gasteiger partial charge in [-0.1, -0.05) is 12.1 Å². The zero-order chi connectivity index (χ0) is 21.2. The SMILES string of the molecule is CC1(c2ccc(F)cc2)NC(=O)N(CC(=O)NCCCN2C(=O)CCC2=O)C1=O. The molecule has 2 N–H and O–H groups in total. The fourth-order valence-corrected chi connectivity index (χ4v) is 3.36. The number of nitrogens with zero attached hydrogens (tertiary/aromatic N) is 2. The summed E-state index contributed by atoms with van der Waals surface area (Å²) < 4.78 is 13.1. The van der Waals surface area contributed by atoms with E-state index >= 15 is 0 Å². The number of amides is 6. The molecule has 0 bridgehead atoms. The summed E-state index contributed by atoms with van der Waals surface area (Å²) in [6, 6.07) is 4.46. The first-order chi connectivity index (χ1) is 13.7. The normalized spacial score (nSPS) is 21.7. The van der Waals surface area contributed by atoms with E-state index in [1.807, 2.05) is 0 Å². The lowest BCUT2D eigenvalue weighted by molar-refractivity contribution is -0.138. The molecule has 0 saturated carbocycles. The minimum absolute atomic E-state index is 0.189. The highest BCUT2D eigenvalue weighted by molar-refractivity contribution is 6.09. The molecule has 10 heteroatoms. The van der Waals surface area contributed by atoms with Crippen LogP contribution in [0, 0.1) is 5.82 Å². The van der Waals surface area contributed by atoms with Gasteiger partial charge >= 0.3 is 6.03 Å². The first kappa shape index (κ1) is 20.4. The van der Waals surface area contributed by atoms with Crippen molar-refractivity contribution in [3.05, 3.63) is 35.6 Å². The molecule has 29 heavy (non-hydrogen) atoms. The van der Waals surface area contributed by atoms with E-state index < -0.39 is 35.7 Å². The Morgan fingerprint density at radius 3 is 2.34 bits per heavy atom. The average Bonchev–Trinajstić information content (AvgIpc) is 3.11. The lowest BCUT2D eigenvalue weighted by Crippen LogP contribution is -2.43. The number of hydrogen-bond acceptors (Lipinski definition) is 5. The third-order valence-electron chi connectivity index (χ3n) is 5.03. The molecule has 9 nitrogen and oxygen atoms in total. The third-order valence-corrected chi connectivity index (χ3v) is 5.03.